The lowest BCUT2D eigenvalue weighted by atomic mass is 10.00. The van der Waals surface area contributed by atoms with E-state index in [4.69, 9.17) is 11.6 Å². The molecular formula is C17H15ClN4O2. The summed E-state index contributed by atoms with van der Waals surface area (Å²) in [5, 5.41) is 13.9. The van der Waals surface area contributed by atoms with E-state index in [2.05, 4.69) is 5.10 Å². The van der Waals surface area contributed by atoms with Crippen molar-refractivity contribution in [3.8, 4) is 11.8 Å². The fraction of sp³-hybridized carbons (Fsp3) is 0.294. The maximum absolute atomic E-state index is 12.5. The Bertz CT molecular complexity index is 818. The highest BCUT2D eigenvalue weighted by Crippen LogP contribution is 2.21. The summed E-state index contributed by atoms with van der Waals surface area (Å²) in [5.74, 6) is -2.29. The Morgan fingerprint density at radius 3 is 2.62 bits per heavy atom. The number of para-hydroxylation sites is 1. The third-order valence-corrected chi connectivity index (χ3v) is 4.34. The summed E-state index contributed by atoms with van der Waals surface area (Å²) in [6, 6.07) is 8.91. The molecule has 0 radical (unpaired) electrons. The Hall–Kier alpha value is -2.65. The van der Waals surface area contributed by atoms with Crippen molar-refractivity contribution in [3.05, 3.63) is 47.2 Å². The first-order chi connectivity index (χ1) is 11.6. The van der Waals surface area contributed by atoms with E-state index in [1.54, 1.807) is 29.2 Å². The zero-order valence-electron chi connectivity index (χ0n) is 12.9. The van der Waals surface area contributed by atoms with Gasteiger partial charge in [0.25, 0.3) is 0 Å². The van der Waals surface area contributed by atoms with Gasteiger partial charge < -0.3 is 4.90 Å². The summed E-state index contributed by atoms with van der Waals surface area (Å²) in [4.78, 5) is 26.5. The minimum atomic E-state index is -1.33. The third kappa shape index (κ3) is 3.03. The minimum Gasteiger partial charge on any atom is -0.341 e. The van der Waals surface area contributed by atoms with Gasteiger partial charge in [0.2, 0.25) is 5.91 Å². The van der Waals surface area contributed by atoms with Crippen LogP contribution >= 0.6 is 11.6 Å². The number of rotatable bonds is 4. The molecule has 1 amide bonds. The van der Waals surface area contributed by atoms with Crippen molar-refractivity contribution >= 4 is 23.3 Å². The number of hydrogen-bond donors (Lipinski definition) is 0. The van der Waals surface area contributed by atoms with Crippen LogP contribution in [0.2, 0.25) is 5.02 Å². The Balaban J connectivity index is 1.83. The first-order valence-corrected chi connectivity index (χ1v) is 8.02. The van der Waals surface area contributed by atoms with Crippen LogP contribution < -0.4 is 0 Å². The molecule has 2 heterocycles. The predicted octanol–water partition coefficient (Wildman–Crippen LogP) is 2.47. The number of Topliss-reactive ketones (excluding diaryl/α,β-unsaturated/α-hetero) is 1. The molecule has 0 bridgehead atoms. The van der Waals surface area contributed by atoms with Gasteiger partial charge in [0.05, 0.1) is 28.5 Å². The number of hydrogen-bond acceptors (Lipinski definition) is 4. The van der Waals surface area contributed by atoms with Gasteiger partial charge in [0, 0.05) is 19.3 Å². The standard InChI is InChI=1S/C17H15ClN4O2/c18-14-5-1-2-6-15(14)22-11-12(10-20-22)16(23)13(9-19)17(24)21-7-3-4-8-21/h1-2,5-6,10-11,13H,3-4,7-8H2/t13-/m0/s1. The molecule has 0 saturated carbocycles. The molecule has 1 aromatic carbocycles. The molecule has 1 saturated heterocycles. The van der Waals surface area contributed by atoms with Crippen LogP contribution in [0, 0.1) is 17.2 Å². The Morgan fingerprint density at radius 2 is 1.96 bits per heavy atom. The molecule has 1 atom stereocenters. The highest BCUT2D eigenvalue weighted by atomic mass is 35.5. The van der Waals surface area contributed by atoms with Gasteiger partial charge >= 0.3 is 0 Å². The quantitative estimate of drug-likeness (QED) is 0.631. The molecule has 24 heavy (non-hydrogen) atoms. The molecule has 1 fully saturated rings. The normalized spacial score (nSPS) is 15.1. The molecule has 1 aromatic heterocycles. The second-order valence-electron chi connectivity index (χ2n) is 5.58. The lowest BCUT2D eigenvalue weighted by molar-refractivity contribution is -0.131. The van der Waals surface area contributed by atoms with Crippen LogP contribution in [0.3, 0.4) is 0 Å². The number of amides is 1. The smallest absolute Gasteiger partial charge is 0.247 e. The van der Waals surface area contributed by atoms with E-state index in [1.165, 1.54) is 17.1 Å². The van der Waals surface area contributed by atoms with Gasteiger partial charge in [-0.3, -0.25) is 9.59 Å². The Kier molecular flexibility index (Phi) is 4.63. The van der Waals surface area contributed by atoms with Crippen molar-refractivity contribution in [2.24, 2.45) is 5.92 Å². The average Bonchev–Trinajstić information content (AvgIpc) is 3.27. The van der Waals surface area contributed by atoms with Crippen LogP contribution in [0.4, 0.5) is 0 Å². The fourth-order valence-electron chi connectivity index (χ4n) is 2.73. The van der Waals surface area contributed by atoms with E-state index in [0.717, 1.165) is 12.8 Å². The average molecular weight is 343 g/mol. The molecule has 6 nitrogen and oxygen atoms in total. The van der Waals surface area contributed by atoms with E-state index >= 15 is 0 Å². The lowest BCUT2D eigenvalue weighted by Crippen LogP contribution is -2.37. The van der Waals surface area contributed by atoms with Crippen molar-refractivity contribution in [1.82, 2.24) is 14.7 Å². The predicted molar refractivity (Wildman–Crippen MR) is 87.8 cm³/mol. The largest absolute Gasteiger partial charge is 0.341 e. The molecule has 1 aliphatic rings. The number of likely N-dealkylation sites (tertiary alicyclic amines) is 1. The SMILES string of the molecule is N#C[C@@H](C(=O)c1cnn(-c2ccccc2Cl)c1)C(=O)N1CCCC1. The maximum Gasteiger partial charge on any atom is 0.247 e. The number of nitrogens with zero attached hydrogens (tertiary/aromatic N) is 4. The van der Waals surface area contributed by atoms with Gasteiger partial charge in [-0.05, 0) is 25.0 Å². The summed E-state index contributed by atoms with van der Waals surface area (Å²) in [6.45, 7) is 1.20. The van der Waals surface area contributed by atoms with E-state index in [1.807, 2.05) is 6.07 Å². The van der Waals surface area contributed by atoms with E-state index in [-0.39, 0.29) is 5.56 Å². The van der Waals surface area contributed by atoms with Crippen molar-refractivity contribution in [3.63, 3.8) is 0 Å². The van der Waals surface area contributed by atoms with Gasteiger partial charge in [-0.1, -0.05) is 23.7 Å². The number of carbonyl (C=O) groups excluding carboxylic acids is 2. The summed E-state index contributed by atoms with van der Waals surface area (Å²) in [6.07, 6.45) is 4.66. The lowest BCUT2D eigenvalue weighted by Gasteiger charge is -2.17. The molecular weight excluding hydrogens is 328 g/mol. The van der Waals surface area contributed by atoms with Crippen LogP contribution in [0.5, 0.6) is 0 Å². The van der Waals surface area contributed by atoms with Gasteiger partial charge in [0.1, 0.15) is 0 Å². The zero-order chi connectivity index (χ0) is 17.1. The van der Waals surface area contributed by atoms with E-state index in [9.17, 15) is 14.9 Å². The van der Waals surface area contributed by atoms with Crippen LogP contribution in [0.25, 0.3) is 5.69 Å². The summed E-state index contributed by atoms with van der Waals surface area (Å²) < 4.78 is 1.46. The number of carbonyl (C=O) groups is 2. The molecule has 1 aliphatic heterocycles. The summed E-state index contributed by atoms with van der Waals surface area (Å²) >= 11 is 6.12. The van der Waals surface area contributed by atoms with Gasteiger partial charge in [-0.2, -0.15) is 10.4 Å². The highest BCUT2D eigenvalue weighted by Gasteiger charge is 2.33. The molecule has 0 spiro atoms. The molecule has 0 aliphatic carbocycles. The summed E-state index contributed by atoms with van der Waals surface area (Å²) in [7, 11) is 0. The molecule has 3 rings (SSSR count). The van der Waals surface area contributed by atoms with Crippen LogP contribution in [0.15, 0.2) is 36.7 Å². The highest BCUT2D eigenvalue weighted by molar-refractivity contribution is 6.32. The van der Waals surface area contributed by atoms with Crippen molar-refractivity contribution in [1.29, 1.82) is 5.26 Å². The van der Waals surface area contributed by atoms with Crippen LogP contribution in [-0.4, -0.2) is 39.5 Å². The third-order valence-electron chi connectivity index (χ3n) is 4.02. The van der Waals surface area contributed by atoms with Crippen LogP contribution in [-0.2, 0) is 4.79 Å². The van der Waals surface area contributed by atoms with Crippen molar-refractivity contribution < 1.29 is 9.59 Å². The second kappa shape index (κ2) is 6.85. The van der Waals surface area contributed by atoms with Crippen LogP contribution in [0.1, 0.15) is 23.2 Å². The number of aromatic nitrogens is 2. The summed E-state index contributed by atoms with van der Waals surface area (Å²) in [5.41, 5.74) is 0.839. The first-order valence-electron chi connectivity index (χ1n) is 7.64. The number of ketones is 1. The zero-order valence-corrected chi connectivity index (χ0v) is 13.6. The molecule has 2 aromatic rings. The Labute approximate surface area is 144 Å². The second-order valence-corrected chi connectivity index (χ2v) is 5.99. The van der Waals surface area contributed by atoms with Crippen molar-refractivity contribution in [2.75, 3.05) is 13.1 Å². The van der Waals surface area contributed by atoms with Gasteiger partial charge in [-0.25, -0.2) is 4.68 Å². The topological polar surface area (TPSA) is 79.0 Å². The molecule has 122 valence electrons. The molecule has 0 unspecified atom stereocenters. The number of halogens is 1. The molecule has 7 heteroatoms. The number of nitriles is 1. The maximum atomic E-state index is 12.5. The number of benzene rings is 1. The fourth-order valence-corrected chi connectivity index (χ4v) is 2.95. The van der Waals surface area contributed by atoms with Gasteiger partial charge in [0.15, 0.2) is 11.7 Å². The van der Waals surface area contributed by atoms with E-state index < -0.39 is 17.6 Å². The minimum absolute atomic E-state index is 0.217. The van der Waals surface area contributed by atoms with E-state index in [0.29, 0.717) is 23.8 Å². The monoisotopic (exact) mass is 342 g/mol. The van der Waals surface area contributed by atoms with Gasteiger partial charge in [-0.15, -0.1) is 0 Å². The van der Waals surface area contributed by atoms with Crippen molar-refractivity contribution in [2.45, 2.75) is 12.8 Å². The first kappa shape index (κ1) is 16.2. The Morgan fingerprint density at radius 1 is 1.25 bits per heavy atom. The molecule has 0 N–H and O–H groups in total.